The van der Waals surface area contributed by atoms with Gasteiger partial charge in [0.05, 0.1) is 6.04 Å². The number of piperazine rings is 1. The highest BCUT2D eigenvalue weighted by Gasteiger charge is 2.33. The highest BCUT2D eigenvalue weighted by Crippen LogP contribution is 2.24. The number of phenols is 1. The Morgan fingerprint density at radius 1 is 1.22 bits per heavy atom. The first-order valence-corrected chi connectivity index (χ1v) is 7.02. The Kier molecular flexibility index (Phi) is 3.94. The summed E-state index contributed by atoms with van der Waals surface area (Å²) in [6.45, 7) is 0.827. The molecule has 23 heavy (non-hydrogen) atoms. The van der Waals surface area contributed by atoms with Crippen molar-refractivity contribution in [3.63, 3.8) is 0 Å². The van der Waals surface area contributed by atoms with Crippen molar-refractivity contribution in [3.05, 3.63) is 56.9 Å². The number of hydrogen-bond donors (Lipinski definition) is 3. The van der Waals surface area contributed by atoms with E-state index in [4.69, 9.17) is 0 Å². The lowest BCUT2D eigenvalue weighted by atomic mass is 10.0. The predicted octanol–water partition coefficient (Wildman–Crippen LogP) is -1.51. The van der Waals surface area contributed by atoms with Crippen LogP contribution in [0.25, 0.3) is 0 Å². The molecule has 1 saturated heterocycles. The molecule has 2 aromatic rings. The summed E-state index contributed by atoms with van der Waals surface area (Å²) < 4.78 is 0. The predicted molar refractivity (Wildman–Crippen MR) is 80.9 cm³/mol. The fraction of sp³-hybridized carbons (Fsp3) is 0.286. The summed E-state index contributed by atoms with van der Waals surface area (Å²) in [6, 6.07) is 5.48. The number of aromatic nitrogens is 3. The first-order chi connectivity index (χ1) is 11.1. The Hall–Kier alpha value is -2.94. The lowest BCUT2D eigenvalue weighted by molar-refractivity contribution is -0.109. The molecule has 0 radical (unpaired) electrons. The number of H-pyrrole nitrogens is 1. The Bertz CT molecular complexity index is 813. The van der Waals surface area contributed by atoms with Crippen molar-refractivity contribution in [3.8, 4) is 5.75 Å². The Labute approximate surface area is 130 Å². The monoisotopic (exact) mass is 317 g/mol. The van der Waals surface area contributed by atoms with Gasteiger partial charge in [-0.05, 0) is 17.7 Å². The fourth-order valence-electron chi connectivity index (χ4n) is 2.65. The van der Waals surface area contributed by atoms with Gasteiger partial charge in [0.2, 0.25) is 0 Å². The molecule has 1 fully saturated rings. The molecular formula is C14H15N5O4. The number of nitrogens with one attached hydrogen (secondary N) is 2. The molecule has 2 unspecified atom stereocenters. The maximum absolute atomic E-state index is 12.1. The second-order valence-electron chi connectivity index (χ2n) is 5.18. The fourth-order valence-corrected chi connectivity index (χ4v) is 2.65. The van der Waals surface area contributed by atoms with E-state index in [1.54, 1.807) is 12.1 Å². The summed E-state index contributed by atoms with van der Waals surface area (Å²) in [5, 5.41) is 17.9. The van der Waals surface area contributed by atoms with Crippen LogP contribution in [-0.4, -0.2) is 45.4 Å². The standard InChI is InChI=1S/C14H15N5O4/c20-8-10-5-15-6-12(9-1-3-11(21)4-2-9)18(10)19-14(23)17-13(22)7-16-19/h1-4,7-8,10,12,15,21H,5-6H2,(H,17,22,23). The van der Waals surface area contributed by atoms with Gasteiger partial charge < -0.3 is 15.2 Å². The van der Waals surface area contributed by atoms with Crippen LogP contribution < -0.4 is 21.6 Å². The molecule has 9 heteroatoms. The minimum atomic E-state index is -0.713. The second-order valence-corrected chi connectivity index (χ2v) is 5.18. The van der Waals surface area contributed by atoms with Crippen LogP contribution in [-0.2, 0) is 4.79 Å². The van der Waals surface area contributed by atoms with Gasteiger partial charge in [0.25, 0.3) is 5.56 Å². The lowest BCUT2D eigenvalue weighted by Crippen LogP contribution is -2.62. The van der Waals surface area contributed by atoms with Crippen molar-refractivity contribution in [1.82, 2.24) is 20.2 Å². The number of benzene rings is 1. The molecule has 9 nitrogen and oxygen atoms in total. The number of phenolic OH excluding ortho intramolecular Hbond substituents is 1. The average molecular weight is 317 g/mol. The Balaban J connectivity index is 2.09. The van der Waals surface area contributed by atoms with E-state index in [0.29, 0.717) is 13.1 Å². The van der Waals surface area contributed by atoms with E-state index in [2.05, 4.69) is 15.4 Å². The molecule has 2 atom stereocenters. The van der Waals surface area contributed by atoms with Crippen molar-refractivity contribution < 1.29 is 9.90 Å². The summed E-state index contributed by atoms with van der Waals surface area (Å²) in [4.78, 5) is 37.8. The third kappa shape index (κ3) is 2.86. The van der Waals surface area contributed by atoms with E-state index in [-0.39, 0.29) is 11.8 Å². The molecular weight excluding hydrogens is 302 g/mol. The van der Waals surface area contributed by atoms with Gasteiger partial charge in [0.15, 0.2) is 0 Å². The van der Waals surface area contributed by atoms with E-state index in [1.807, 2.05) is 0 Å². The quantitative estimate of drug-likeness (QED) is 0.588. The van der Waals surface area contributed by atoms with Crippen molar-refractivity contribution in [1.29, 1.82) is 0 Å². The molecule has 1 aromatic carbocycles. The third-order valence-corrected chi connectivity index (χ3v) is 3.70. The SMILES string of the molecule is O=CC1CNCC(c2ccc(O)cc2)N1n1ncc(=O)[nH]c1=O. The Morgan fingerprint density at radius 3 is 2.61 bits per heavy atom. The second kappa shape index (κ2) is 6.05. The van der Waals surface area contributed by atoms with E-state index < -0.39 is 17.3 Å². The lowest BCUT2D eigenvalue weighted by Gasteiger charge is -2.41. The molecule has 2 heterocycles. The summed E-state index contributed by atoms with van der Waals surface area (Å²) >= 11 is 0. The van der Waals surface area contributed by atoms with E-state index in [1.165, 1.54) is 17.1 Å². The number of carbonyl (C=O) groups is 1. The Morgan fingerprint density at radius 2 is 1.96 bits per heavy atom. The molecule has 0 saturated carbocycles. The minimum Gasteiger partial charge on any atom is -0.508 e. The number of nitrogens with zero attached hydrogens (tertiary/aromatic N) is 3. The van der Waals surface area contributed by atoms with Crippen LogP contribution in [0.5, 0.6) is 5.75 Å². The van der Waals surface area contributed by atoms with Gasteiger partial charge in [-0.15, -0.1) is 4.79 Å². The summed E-state index contributed by atoms with van der Waals surface area (Å²) in [6.07, 6.45) is 1.71. The van der Waals surface area contributed by atoms with Crippen LogP contribution in [0.3, 0.4) is 0 Å². The van der Waals surface area contributed by atoms with Crippen LogP contribution in [0, 0.1) is 0 Å². The molecule has 120 valence electrons. The maximum atomic E-state index is 12.1. The smallest absolute Gasteiger partial charge is 0.364 e. The van der Waals surface area contributed by atoms with Gasteiger partial charge >= 0.3 is 5.69 Å². The van der Waals surface area contributed by atoms with Crippen molar-refractivity contribution >= 4 is 6.29 Å². The van der Waals surface area contributed by atoms with E-state index in [9.17, 15) is 19.5 Å². The molecule has 1 aromatic heterocycles. The zero-order valence-electron chi connectivity index (χ0n) is 12.0. The number of rotatable bonds is 3. The van der Waals surface area contributed by atoms with E-state index in [0.717, 1.165) is 22.8 Å². The summed E-state index contributed by atoms with van der Waals surface area (Å²) in [5.41, 5.74) is -0.526. The minimum absolute atomic E-state index is 0.121. The van der Waals surface area contributed by atoms with Gasteiger partial charge in [0, 0.05) is 13.1 Å². The normalized spacial score (nSPS) is 21.1. The average Bonchev–Trinajstić information content (AvgIpc) is 2.55. The van der Waals surface area contributed by atoms with Gasteiger partial charge in [-0.3, -0.25) is 14.8 Å². The van der Waals surface area contributed by atoms with Gasteiger partial charge in [-0.1, -0.05) is 12.1 Å². The number of aromatic amines is 1. The van der Waals surface area contributed by atoms with Crippen LogP contribution in [0.1, 0.15) is 11.6 Å². The number of hydrogen-bond acceptors (Lipinski definition) is 7. The van der Waals surface area contributed by atoms with Gasteiger partial charge in [0.1, 0.15) is 24.3 Å². The van der Waals surface area contributed by atoms with Crippen molar-refractivity contribution in [2.24, 2.45) is 0 Å². The first kappa shape index (κ1) is 15.0. The van der Waals surface area contributed by atoms with Crippen molar-refractivity contribution in [2.45, 2.75) is 12.1 Å². The maximum Gasteiger partial charge on any atom is 0.364 e. The highest BCUT2D eigenvalue weighted by molar-refractivity contribution is 5.62. The summed E-state index contributed by atoms with van der Waals surface area (Å²) in [7, 11) is 0. The number of aromatic hydroxyl groups is 1. The topological polar surface area (TPSA) is 120 Å². The molecule has 1 aliphatic heterocycles. The molecule has 3 N–H and O–H groups in total. The molecule has 0 spiro atoms. The van der Waals surface area contributed by atoms with Crippen LogP contribution in [0.2, 0.25) is 0 Å². The molecule has 0 aliphatic carbocycles. The molecule has 0 bridgehead atoms. The number of aldehydes is 1. The summed E-state index contributed by atoms with van der Waals surface area (Å²) in [5.74, 6) is 0.121. The number of carbonyl (C=O) groups excluding carboxylic acids is 1. The molecule has 3 rings (SSSR count). The molecule has 1 aliphatic rings. The van der Waals surface area contributed by atoms with Gasteiger partial charge in [-0.2, -0.15) is 5.10 Å². The van der Waals surface area contributed by atoms with Crippen LogP contribution in [0.15, 0.2) is 40.1 Å². The van der Waals surface area contributed by atoms with E-state index >= 15 is 0 Å². The van der Waals surface area contributed by atoms with Gasteiger partial charge in [-0.25, -0.2) is 4.79 Å². The van der Waals surface area contributed by atoms with Crippen LogP contribution in [0.4, 0.5) is 0 Å². The zero-order valence-corrected chi connectivity index (χ0v) is 12.0. The largest absolute Gasteiger partial charge is 0.508 e. The third-order valence-electron chi connectivity index (χ3n) is 3.70. The zero-order chi connectivity index (χ0) is 16.4. The van der Waals surface area contributed by atoms with Crippen molar-refractivity contribution in [2.75, 3.05) is 18.1 Å². The molecule has 0 amide bonds. The first-order valence-electron chi connectivity index (χ1n) is 7.02. The highest BCUT2D eigenvalue weighted by atomic mass is 16.3. The van der Waals surface area contributed by atoms with Crippen LogP contribution >= 0.6 is 0 Å².